The van der Waals surface area contributed by atoms with E-state index in [0.29, 0.717) is 55.0 Å². The summed E-state index contributed by atoms with van der Waals surface area (Å²) in [6.45, 7) is 0. The molecular formula is C21H19N5O5S2. The summed E-state index contributed by atoms with van der Waals surface area (Å²) in [6, 6.07) is 9.89. The molecule has 0 spiro atoms. The van der Waals surface area contributed by atoms with Gasteiger partial charge in [-0.2, -0.15) is 0 Å². The van der Waals surface area contributed by atoms with Gasteiger partial charge in [-0.3, -0.25) is 10.1 Å². The van der Waals surface area contributed by atoms with Crippen LogP contribution in [0.1, 0.15) is 0 Å². The van der Waals surface area contributed by atoms with Gasteiger partial charge in [0.1, 0.15) is 15.7 Å². The molecule has 2 heterocycles. The van der Waals surface area contributed by atoms with Crippen molar-refractivity contribution < 1.29 is 19.1 Å². The minimum atomic E-state index is -0.432. The maximum atomic E-state index is 11.1. The topological polar surface area (TPSA) is 135 Å². The first-order valence-electron chi connectivity index (χ1n) is 9.48. The molecule has 10 nitrogen and oxygen atoms in total. The summed E-state index contributed by atoms with van der Waals surface area (Å²) in [6.07, 6.45) is 0. The van der Waals surface area contributed by atoms with Crippen LogP contribution < -0.4 is 25.3 Å². The van der Waals surface area contributed by atoms with Gasteiger partial charge in [-0.05, 0) is 12.1 Å². The number of aromatic nitrogens is 2. The van der Waals surface area contributed by atoms with Gasteiger partial charge in [0.25, 0.3) is 5.69 Å². The van der Waals surface area contributed by atoms with Crippen molar-refractivity contribution in [2.75, 3.05) is 32.4 Å². The van der Waals surface area contributed by atoms with Gasteiger partial charge >= 0.3 is 0 Å². The minimum Gasteiger partial charge on any atom is -0.493 e. The largest absolute Gasteiger partial charge is 0.493 e. The van der Waals surface area contributed by atoms with E-state index < -0.39 is 4.92 Å². The molecule has 33 heavy (non-hydrogen) atoms. The van der Waals surface area contributed by atoms with E-state index in [4.69, 9.17) is 19.9 Å². The van der Waals surface area contributed by atoms with Crippen LogP contribution >= 0.6 is 22.7 Å². The quantitative estimate of drug-likeness (QED) is 0.255. The van der Waals surface area contributed by atoms with E-state index >= 15 is 0 Å². The van der Waals surface area contributed by atoms with E-state index in [0.717, 1.165) is 0 Å². The molecule has 0 atom stereocenters. The number of hydrogen-bond donors (Lipinski definition) is 2. The van der Waals surface area contributed by atoms with Crippen LogP contribution in [0.15, 0.2) is 41.8 Å². The summed E-state index contributed by atoms with van der Waals surface area (Å²) < 4.78 is 16.2. The monoisotopic (exact) mass is 485 g/mol. The van der Waals surface area contributed by atoms with Crippen molar-refractivity contribution in [3.8, 4) is 38.4 Å². The van der Waals surface area contributed by atoms with Crippen LogP contribution in [0.4, 0.5) is 22.3 Å². The molecule has 0 aliphatic rings. The fraction of sp³-hybridized carbons (Fsp3) is 0.143. The zero-order valence-electron chi connectivity index (χ0n) is 17.8. The number of thiazole rings is 2. The molecule has 0 aliphatic heterocycles. The molecule has 0 saturated carbocycles. The lowest BCUT2D eigenvalue weighted by Crippen LogP contribution is -1.99. The standard InChI is InChI=1S/C21H19N5O5S2/c1-29-15-8-7-13(16(30-2)17(15)31-3)24-21-25-19(22)18(33-21)20-23-14(10-32-20)11-5-4-6-12(9-11)26(27)28/h4-10H,22H2,1-3H3,(H,24,25). The first-order valence-corrected chi connectivity index (χ1v) is 11.2. The number of nitrogens with zero attached hydrogens (tertiary/aromatic N) is 3. The lowest BCUT2D eigenvalue weighted by molar-refractivity contribution is -0.384. The lowest BCUT2D eigenvalue weighted by Gasteiger charge is -2.15. The Morgan fingerprint density at radius 1 is 1.06 bits per heavy atom. The van der Waals surface area contributed by atoms with Crippen LogP contribution in [0.3, 0.4) is 0 Å². The van der Waals surface area contributed by atoms with Crippen molar-refractivity contribution in [2.45, 2.75) is 0 Å². The van der Waals surface area contributed by atoms with E-state index in [1.807, 2.05) is 5.38 Å². The molecular weight excluding hydrogens is 466 g/mol. The van der Waals surface area contributed by atoms with Crippen molar-refractivity contribution in [1.29, 1.82) is 0 Å². The molecule has 4 aromatic rings. The van der Waals surface area contributed by atoms with Crippen LogP contribution in [-0.2, 0) is 0 Å². The van der Waals surface area contributed by atoms with Gasteiger partial charge < -0.3 is 25.3 Å². The minimum absolute atomic E-state index is 0.00899. The Labute approximate surface area is 196 Å². The first kappa shape index (κ1) is 22.3. The summed E-state index contributed by atoms with van der Waals surface area (Å²) >= 11 is 2.72. The number of anilines is 3. The van der Waals surface area contributed by atoms with Gasteiger partial charge in [0.15, 0.2) is 16.6 Å². The Balaban J connectivity index is 1.63. The Morgan fingerprint density at radius 2 is 1.85 bits per heavy atom. The number of hydrogen-bond acceptors (Lipinski definition) is 11. The highest BCUT2D eigenvalue weighted by Gasteiger charge is 2.20. The molecule has 2 aromatic carbocycles. The number of rotatable bonds is 8. The predicted octanol–water partition coefficient (Wildman–Crippen LogP) is 5.19. The van der Waals surface area contributed by atoms with Crippen molar-refractivity contribution >= 4 is 45.0 Å². The number of nitrogens with two attached hydrogens (primary N) is 1. The molecule has 0 amide bonds. The van der Waals surface area contributed by atoms with Gasteiger partial charge in [0, 0.05) is 23.1 Å². The Bertz CT molecular complexity index is 1320. The van der Waals surface area contributed by atoms with E-state index in [9.17, 15) is 10.1 Å². The Morgan fingerprint density at radius 3 is 2.55 bits per heavy atom. The number of nitro benzene ring substituents is 1. The van der Waals surface area contributed by atoms with Gasteiger partial charge in [0.2, 0.25) is 5.75 Å². The molecule has 0 bridgehead atoms. The summed E-state index contributed by atoms with van der Waals surface area (Å²) in [7, 11) is 4.62. The molecule has 4 rings (SSSR count). The maximum Gasteiger partial charge on any atom is 0.270 e. The van der Waals surface area contributed by atoms with Crippen LogP contribution in [-0.4, -0.2) is 36.2 Å². The number of nitro groups is 1. The highest BCUT2D eigenvalue weighted by Crippen LogP contribution is 2.45. The van der Waals surface area contributed by atoms with E-state index in [1.165, 1.54) is 49.0 Å². The van der Waals surface area contributed by atoms with Crippen LogP contribution in [0.5, 0.6) is 17.2 Å². The Kier molecular flexibility index (Phi) is 6.29. The van der Waals surface area contributed by atoms with Crippen LogP contribution in [0.25, 0.3) is 21.1 Å². The van der Waals surface area contributed by atoms with Gasteiger partial charge in [-0.15, -0.1) is 11.3 Å². The highest BCUT2D eigenvalue weighted by atomic mass is 32.1. The van der Waals surface area contributed by atoms with Crippen molar-refractivity contribution in [2.24, 2.45) is 0 Å². The molecule has 2 aromatic heterocycles. The normalized spacial score (nSPS) is 10.6. The average Bonchev–Trinajstić information content (AvgIpc) is 3.45. The predicted molar refractivity (Wildman–Crippen MR) is 129 cm³/mol. The average molecular weight is 486 g/mol. The second-order valence-electron chi connectivity index (χ2n) is 6.59. The third-order valence-electron chi connectivity index (χ3n) is 4.65. The first-order chi connectivity index (χ1) is 15.9. The zero-order valence-corrected chi connectivity index (χ0v) is 19.5. The van der Waals surface area contributed by atoms with E-state index in [1.54, 1.807) is 31.4 Å². The van der Waals surface area contributed by atoms with Crippen molar-refractivity contribution in [3.63, 3.8) is 0 Å². The fourth-order valence-electron chi connectivity index (χ4n) is 3.14. The summed E-state index contributed by atoms with van der Waals surface area (Å²) in [4.78, 5) is 20.3. The summed E-state index contributed by atoms with van der Waals surface area (Å²) in [5.74, 6) is 1.78. The lowest BCUT2D eigenvalue weighted by atomic mass is 10.1. The Hall–Kier alpha value is -3.90. The van der Waals surface area contributed by atoms with Crippen LogP contribution in [0, 0.1) is 10.1 Å². The third kappa shape index (κ3) is 4.38. The molecule has 0 saturated heterocycles. The van der Waals surface area contributed by atoms with Crippen molar-refractivity contribution in [3.05, 3.63) is 51.9 Å². The highest BCUT2D eigenvalue weighted by molar-refractivity contribution is 7.23. The molecule has 0 aliphatic carbocycles. The fourth-order valence-corrected chi connectivity index (χ4v) is 4.97. The van der Waals surface area contributed by atoms with Gasteiger partial charge in [-0.25, -0.2) is 9.97 Å². The second kappa shape index (κ2) is 9.30. The van der Waals surface area contributed by atoms with Gasteiger partial charge in [-0.1, -0.05) is 23.5 Å². The summed E-state index contributed by atoms with van der Waals surface area (Å²) in [5, 5.41) is 17.3. The molecule has 12 heteroatoms. The van der Waals surface area contributed by atoms with Crippen molar-refractivity contribution in [1.82, 2.24) is 9.97 Å². The second-order valence-corrected chi connectivity index (χ2v) is 8.44. The van der Waals surface area contributed by atoms with E-state index in [-0.39, 0.29) is 5.69 Å². The number of nitrogens with one attached hydrogen (secondary N) is 1. The third-order valence-corrected chi connectivity index (χ3v) is 6.63. The number of benzene rings is 2. The SMILES string of the molecule is COc1ccc(Nc2nc(N)c(-c3nc(-c4cccc([N+](=O)[O-])c4)cs3)s2)c(OC)c1OC. The molecule has 3 N–H and O–H groups in total. The van der Waals surface area contributed by atoms with Gasteiger partial charge in [0.05, 0.1) is 37.6 Å². The molecule has 0 radical (unpaired) electrons. The molecule has 170 valence electrons. The number of non-ortho nitro benzene ring substituents is 1. The molecule has 0 fully saturated rings. The molecule has 0 unspecified atom stereocenters. The zero-order chi connectivity index (χ0) is 23.5. The summed E-state index contributed by atoms with van der Waals surface area (Å²) in [5.41, 5.74) is 8.10. The van der Waals surface area contributed by atoms with E-state index in [2.05, 4.69) is 15.3 Å². The van der Waals surface area contributed by atoms with Crippen LogP contribution in [0.2, 0.25) is 0 Å². The number of ether oxygens (including phenoxy) is 3. The number of methoxy groups -OCH3 is 3. The smallest absolute Gasteiger partial charge is 0.270 e. The maximum absolute atomic E-state index is 11.1. The number of nitrogen functional groups attached to an aromatic ring is 1.